The Morgan fingerprint density at radius 2 is 1.38 bits per heavy atom. The maximum Gasteiger partial charge on any atom is 0.191 e. The van der Waals surface area contributed by atoms with Crippen LogP contribution in [0.15, 0.2) is 0 Å². The monoisotopic (exact) mass is 229 g/mol. The van der Waals surface area contributed by atoms with Gasteiger partial charge in [0.25, 0.3) is 0 Å². The van der Waals surface area contributed by atoms with E-state index >= 15 is 0 Å². The summed E-state index contributed by atoms with van der Waals surface area (Å²) in [7, 11) is 0. The zero-order valence-corrected chi connectivity index (χ0v) is 11.5. The Morgan fingerprint density at radius 3 is 1.94 bits per heavy atom. The second-order valence-electron chi connectivity index (χ2n) is 5.51. The molecular formula is C14H29O2. The van der Waals surface area contributed by atoms with Crippen molar-refractivity contribution in [2.24, 2.45) is 11.8 Å². The fraction of sp³-hybridized carbons (Fsp3) is 1.00. The molecule has 2 heteroatoms. The van der Waals surface area contributed by atoms with Crippen LogP contribution in [0.1, 0.15) is 66.2 Å². The molecule has 1 radical (unpaired) electrons. The fourth-order valence-electron chi connectivity index (χ4n) is 1.65. The number of rotatable bonds is 10. The third-order valence-corrected chi connectivity index (χ3v) is 2.70. The zero-order valence-electron chi connectivity index (χ0n) is 11.5. The van der Waals surface area contributed by atoms with Gasteiger partial charge in [-0.1, -0.05) is 47.0 Å². The molecule has 0 N–H and O–H groups in total. The summed E-state index contributed by atoms with van der Waals surface area (Å²) in [4.78, 5) is 0. The molecule has 2 nitrogen and oxygen atoms in total. The minimum absolute atomic E-state index is 0.641. The molecule has 0 aliphatic carbocycles. The molecular weight excluding hydrogens is 200 g/mol. The molecule has 16 heavy (non-hydrogen) atoms. The summed E-state index contributed by atoms with van der Waals surface area (Å²) < 4.78 is 5.25. The van der Waals surface area contributed by atoms with Crippen molar-refractivity contribution < 1.29 is 9.84 Å². The lowest BCUT2D eigenvalue weighted by Crippen LogP contribution is -2.11. The summed E-state index contributed by atoms with van der Waals surface area (Å²) in [6.45, 7) is 9.47. The van der Waals surface area contributed by atoms with E-state index < -0.39 is 6.29 Å². The largest absolute Gasteiger partial charge is 0.350 e. The van der Waals surface area contributed by atoms with E-state index in [4.69, 9.17) is 4.74 Å². The van der Waals surface area contributed by atoms with E-state index in [0.29, 0.717) is 18.9 Å². The van der Waals surface area contributed by atoms with Crippen LogP contribution in [0.5, 0.6) is 0 Å². The number of ether oxygens (including phenoxy) is 1. The van der Waals surface area contributed by atoms with Crippen LogP contribution < -0.4 is 0 Å². The highest BCUT2D eigenvalue weighted by Gasteiger charge is 2.06. The molecule has 0 saturated carbocycles. The van der Waals surface area contributed by atoms with Gasteiger partial charge in [-0.05, 0) is 24.7 Å². The van der Waals surface area contributed by atoms with Crippen molar-refractivity contribution in [2.45, 2.75) is 72.5 Å². The zero-order chi connectivity index (χ0) is 12.4. The molecule has 0 aromatic heterocycles. The van der Waals surface area contributed by atoms with Crippen LogP contribution in [0.2, 0.25) is 0 Å². The Bertz CT molecular complexity index is 144. The van der Waals surface area contributed by atoms with Crippen LogP contribution in [0, 0.1) is 11.8 Å². The van der Waals surface area contributed by atoms with E-state index in [2.05, 4.69) is 27.7 Å². The SMILES string of the molecule is CC(C)CCCCOC([O])CCCC(C)C. The van der Waals surface area contributed by atoms with Gasteiger partial charge in [0.1, 0.15) is 0 Å². The van der Waals surface area contributed by atoms with E-state index in [0.717, 1.165) is 25.2 Å². The van der Waals surface area contributed by atoms with Gasteiger partial charge in [-0.2, -0.15) is 0 Å². The van der Waals surface area contributed by atoms with Crippen LogP contribution in [-0.2, 0) is 9.84 Å². The Morgan fingerprint density at radius 1 is 0.812 bits per heavy atom. The average molecular weight is 229 g/mol. The van der Waals surface area contributed by atoms with Crippen molar-refractivity contribution in [2.75, 3.05) is 6.61 Å². The number of unbranched alkanes of at least 4 members (excludes halogenated alkanes) is 1. The summed E-state index contributed by atoms with van der Waals surface area (Å²) in [5.74, 6) is 1.45. The normalized spacial score (nSPS) is 13.7. The molecule has 1 atom stereocenters. The lowest BCUT2D eigenvalue weighted by atomic mass is 10.1. The van der Waals surface area contributed by atoms with Crippen molar-refractivity contribution in [1.29, 1.82) is 0 Å². The maximum atomic E-state index is 11.4. The van der Waals surface area contributed by atoms with Crippen molar-refractivity contribution in [3.63, 3.8) is 0 Å². The molecule has 0 aliphatic heterocycles. The van der Waals surface area contributed by atoms with E-state index in [9.17, 15) is 5.11 Å². The molecule has 97 valence electrons. The third kappa shape index (κ3) is 12.0. The topological polar surface area (TPSA) is 29.1 Å². The lowest BCUT2D eigenvalue weighted by Gasteiger charge is -2.11. The second kappa shape index (κ2) is 10.1. The fourth-order valence-corrected chi connectivity index (χ4v) is 1.65. The molecule has 0 saturated heterocycles. The Hall–Kier alpha value is -0.0800. The van der Waals surface area contributed by atoms with Crippen molar-refractivity contribution >= 4 is 0 Å². The number of hydrogen-bond donors (Lipinski definition) is 0. The van der Waals surface area contributed by atoms with Crippen LogP contribution in [-0.4, -0.2) is 12.9 Å². The van der Waals surface area contributed by atoms with Crippen LogP contribution in [0.25, 0.3) is 0 Å². The summed E-state index contributed by atoms with van der Waals surface area (Å²) in [5.41, 5.74) is 0. The summed E-state index contributed by atoms with van der Waals surface area (Å²) in [5, 5.41) is 11.4. The highest BCUT2D eigenvalue weighted by Crippen LogP contribution is 2.11. The van der Waals surface area contributed by atoms with E-state index in [1.807, 2.05) is 0 Å². The van der Waals surface area contributed by atoms with Crippen molar-refractivity contribution in [3.05, 3.63) is 0 Å². The van der Waals surface area contributed by atoms with Gasteiger partial charge in [-0.3, -0.25) is 0 Å². The van der Waals surface area contributed by atoms with E-state index in [1.165, 1.54) is 12.8 Å². The van der Waals surface area contributed by atoms with Gasteiger partial charge < -0.3 is 4.74 Å². The predicted molar refractivity (Wildman–Crippen MR) is 67.8 cm³/mol. The Kier molecular flexibility index (Phi) is 10.0. The Balaban J connectivity index is 3.20. The molecule has 0 bridgehead atoms. The number of hydrogen-bond acceptors (Lipinski definition) is 1. The highest BCUT2D eigenvalue weighted by atomic mass is 16.6. The molecule has 0 aromatic carbocycles. The minimum Gasteiger partial charge on any atom is -0.350 e. The molecule has 0 spiro atoms. The molecule has 0 aromatic rings. The first-order chi connectivity index (χ1) is 7.52. The maximum absolute atomic E-state index is 11.4. The molecule has 0 heterocycles. The van der Waals surface area contributed by atoms with Gasteiger partial charge >= 0.3 is 0 Å². The smallest absolute Gasteiger partial charge is 0.191 e. The first-order valence-corrected chi connectivity index (χ1v) is 6.79. The molecule has 0 amide bonds. The highest BCUT2D eigenvalue weighted by molar-refractivity contribution is 4.50. The second-order valence-corrected chi connectivity index (χ2v) is 5.51. The molecule has 0 fully saturated rings. The lowest BCUT2D eigenvalue weighted by molar-refractivity contribution is -0.145. The molecule has 0 aliphatic rings. The third-order valence-electron chi connectivity index (χ3n) is 2.70. The van der Waals surface area contributed by atoms with Crippen molar-refractivity contribution in [1.82, 2.24) is 0 Å². The van der Waals surface area contributed by atoms with Gasteiger partial charge in [-0.25, -0.2) is 5.11 Å². The van der Waals surface area contributed by atoms with Gasteiger partial charge in [0, 0.05) is 13.0 Å². The van der Waals surface area contributed by atoms with Gasteiger partial charge in [0.2, 0.25) is 0 Å². The van der Waals surface area contributed by atoms with Crippen molar-refractivity contribution in [3.8, 4) is 0 Å². The molecule has 0 rings (SSSR count). The average Bonchev–Trinajstić information content (AvgIpc) is 2.16. The van der Waals surface area contributed by atoms with E-state index in [1.54, 1.807) is 0 Å². The predicted octanol–water partition coefficient (Wildman–Crippen LogP) is 4.41. The summed E-state index contributed by atoms with van der Waals surface area (Å²) in [6, 6.07) is 0. The first-order valence-electron chi connectivity index (χ1n) is 6.79. The van der Waals surface area contributed by atoms with Gasteiger partial charge in [-0.15, -0.1) is 0 Å². The van der Waals surface area contributed by atoms with Crippen LogP contribution in [0.3, 0.4) is 0 Å². The standard InChI is InChI=1S/C14H29O2/c1-12(2)8-5-6-11-16-14(15)10-7-9-13(3)4/h12-14H,5-11H2,1-4H3. The van der Waals surface area contributed by atoms with Gasteiger partial charge in [0.15, 0.2) is 6.29 Å². The van der Waals surface area contributed by atoms with Crippen LogP contribution in [0.4, 0.5) is 0 Å². The summed E-state index contributed by atoms with van der Waals surface area (Å²) >= 11 is 0. The quantitative estimate of drug-likeness (QED) is 0.403. The summed E-state index contributed by atoms with van der Waals surface area (Å²) in [6.07, 6.45) is 5.45. The Labute approximate surface area is 101 Å². The first kappa shape index (κ1) is 15.9. The minimum atomic E-state index is -0.794. The van der Waals surface area contributed by atoms with Crippen LogP contribution >= 0.6 is 0 Å². The van der Waals surface area contributed by atoms with Gasteiger partial charge in [0.05, 0.1) is 0 Å². The molecule has 1 unspecified atom stereocenters. The van der Waals surface area contributed by atoms with E-state index in [-0.39, 0.29) is 0 Å².